The molecule has 0 unspecified atom stereocenters. The average molecular weight is 264 g/mol. The van der Waals surface area contributed by atoms with Gasteiger partial charge in [0.2, 0.25) is 5.91 Å². The van der Waals surface area contributed by atoms with Gasteiger partial charge in [0.1, 0.15) is 11.6 Å². The fourth-order valence-electron chi connectivity index (χ4n) is 1.93. The van der Waals surface area contributed by atoms with E-state index in [9.17, 15) is 4.79 Å². The maximum absolute atomic E-state index is 11.8. The zero-order chi connectivity index (χ0) is 14.3. The van der Waals surface area contributed by atoms with Gasteiger partial charge in [-0.25, -0.2) is 9.97 Å². The Morgan fingerprint density at radius 2 is 1.95 bits per heavy atom. The van der Waals surface area contributed by atoms with Crippen molar-refractivity contribution < 1.29 is 4.79 Å². The van der Waals surface area contributed by atoms with Crippen molar-refractivity contribution in [3.63, 3.8) is 0 Å². The molecule has 0 aromatic carbocycles. The van der Waals surface area contributed by atoms with Crippen LogP contribution in [0.4, 0.5) is 5.82 Å². The van der Waals surface area contributed by atoms with Crippen molar-refractivity contribution in [1.29, 1.82) is 0 Å². The van der Waals surface area contributed by atoms with Crippen molar-refractivity contribution in [3.8, 4) is 0 Å². The van der Waals surface area contributed by atoms with Crippen molar-refractivity contribution in [3.05, 3.63) is 17.6 Å². The second kappa shape index (κ2) is 7.71. The summed E-state index contributed by atoms with van der Waals surface area (Å²) in [5, 5.41) is 3.20. The molecule has 1 aromatic rings. The number of rotatable bonds is 7. The van der Waals surface area contributed by atoms with Crippen molar-refractivity contribution in [2.24, 2.45) is 0 Å². The van der Waals surface area contributed by atoms with E-state index in [2.05, 4.69) is 22.2 Å². The largest absolute Gasteiger partial charge is 0.369 e. The van der Waals surface area contributed by atoms with Gasteiger partial charge in [0.05, 0.1) is 0 Å². The zero-order valence-electron chi connectivity index (χ0n) is 12.4. The summed E-state index contributed by atoms with van der Waals surface area (Å²) < 4.78 is 0. The number of aryl methyl sites for hydroxylation is 2. The Morgan fingerprint density at radius 3 is 2.53 bits per heavy atom. The highest BCUT2D eigenvalue weighted by Crippen LogP contribution is 2.07. The van der Waals surface area contributed by atoms with E-state index >= 15 is 0 Å². The molecule has 1 aromatic heterocycles. The van der Waals surface area contributed by atoms with Crippen molar-refractivity contribution in [1.82, 2.24) is 14.9 Å². The van der Waals surface area contributed by atoms with Gasteiger partial charge in [-0.1, -0.05) is 6.92 Å². The molecule has 19 heavy (non-hydrogen) atoms. The topological polar surface area (TPSA) is 58.1 Å². The molecule has 0 spiro atoms. The van der Waals surface area contributed by atoms with E-state index in [0.717, 1.165) is 36.8 Å². The summed E-state index contributed by atoms with van der Waals surface area (Å²) in [5.74, 6) is 1.74. The maximum Gasteiger partial charge on any atom is 0.224 e. The third-order valence-electron chi connectivity index (χ3n) is 3.01. The lowest BCUT2D eigenvalue weighted by atomic mass is 10.3. The second-order valence-corrected chi connectivity index (χ2v) is 4.39. The van der Waals surface area contributed by atoms with Crippen LogP contribution in [0.1, 0.15) is 38.7 Å². The fourth-order valence-corrected chi connectivity index (χ4v) is 1.93. The fraction of sp³-hybridized carbons (Fsp3) is 0.643. The number of carbonyl (C=O) groups excluding carboxylic acids is 1. The molecule has 0 bridgehead atoms. The van der Waals surface area contributed by atoms with Gasteiger partial charge in [0, 0.05) is 37.8 Å². The van der Waals surface area contributed by atoms with Crippen LogP contribution in [0.5, 0.6) is 0 Å². The molecule has 1 heterocycles. The summed E-state index contributed by atoms with van der Waals surface area (Å²) in [6.45, 7) is 10.1. The number of amides is 1. The Morgan fingerprint density at radius 1 is 1.26 bits per heavy atom. The van der Waals surface area contributed by atoms with Crippen LogP contribution < -0.4 is 5.32 Å². The summed E-state index contributed by atoms with van der Waals surface area (Å²) in [5.41, 5.74) is 1.02. The Hall–Kier alpha value is -1.65. The lowest BCUT2D eigenvalue weighted by molar-refractivity contribution is -0.130. The molecule has 1 N–H and O–H groups in total. The number of carbonyl (C=O) groups is 1. The van der Waals surface area contributed by atoms with Gasteiger partial charge in [-0.05, 0) is 27.2 Å². The van der Waals surface area contributed by atoms with Crippen LogP contribution in [0.2, 0.25) is 0 Å². The number of nitrogens with zero attached hydrogens (tertiary/aromatic N) is 3. The minimum Gasteiger partial charge on any atom is -0.369 e. The molecule has 0 radical (unpaired) electrons. The maximum atomic E-state index is 11.8. The third-order valence-corrected chi connectivity index (χ3v) is 3.01. The minimum atomic E-state index is 0.180. The number of hydrogen-bond acceptors (Lipinski definition) is 4. The first-order valence-electron chi connectivity index (χ1n) is 6.96. The molecule has 0 fully saturated rings. The van der Waals surface area contributed by atoms with Crippen LogP contribution in [0.3, 0.4) is 0 Å². The molecule has 0 aliphatic rings. The van der Waals surface area contributed by atoms with E-state index < -0.39 is 0 Å². The van der Waals surface area contributed by atoms with E-state index in [1.54, 1.807) is 0 Å². The quantitative estimate of drug-likeness (QED) is 0.818. The van der Waals surface area contributed by atoms with Crippen LogP contribution in [-0.4, -0.2) is 40.4 Å². The highest BCUT2D eigenvalue weighted by molar-refractivity contribution is 5.76. The molecule has 0 atom stereocenters. The van der Waals surface area contributed by atoms with E-state index in [1.165, 1.54) is 0 Å². The van der Waals surface area contributed by atoms with Gasteiger partial charge in [0.15, 0.2) is 0 Å². The van der Waals surface area contributed by atoms with E-state index in [-0.39, 0.29) is 5.91 Å². The first-order valence-corrected chi connectivity index (χ1v) is 6.96. The van der Waals surface area contributed by atoms with Crippen LogP contribution in [0.25, 0.3) is 0 Å². The van der Waals surface area contributed by atoms with Crippen molar-refractivity contribution in [2.45, 2.75) is 40.5 Å². The number of hydrogen-bond donors (Lipinski definition) is 1. The lowest BCUT2D eigenvalue weighted by Crippen LogP contribution is -2.31. The molecule has 5 heteroatoms. The smallest absolute Gasteiger partial charge is 0.224 e. The molecule has 0 aliphatic heterocycles. The SMILES string of the molecule is CCc1cc(NCCC(=O)N(CC)CC)nc(C)n1. The molecule has 0 saturated heterocycles. The molecule has 0 aliphatic carbocycles. The predicted molar refractivity (Wildman–Crippen MR) is 77.2 cm³/mol. The molecular formula is C14H24N4O. The normalized spacial score (nSPS) is 10.3. The zero-order valence-corrected chi connectivity index (χ0v) is 12.4. The van der Waals surface area contributed by atoms with Crippen LogP contribution >= 0.6 is 0 Å². The van der Waals surface area contributed by atoms with Gasteiger partial charge < -0.3 is 10.2 Å². The van der Waals surface area contributed by atoms with Gasteiger partial charge in [-0.3, -0.25) is 4.79 Å². The van der Waals surface area contributed by atoms with Crippen LogP contribution in [-0.2, 0) is 11.2 Å². The molecular weight excluding hydrogens is 240 g/mol. The first-order chi connectivity index (χ1) is 9.10. The monoisotopic (exact) mass is 264 g/mol. The number of nitrogens with one attached hydrogen (secondary N) is 1. The Bertz CT molecular complexity index is 416. The van der Waals surface area contributed by atoms with E-state index in [1.807, 2.05) is 31.7 Å². The number of anilines is 1. The molecule has 106 valence electrons. The van der Waals surface area contributed by atoms with Gasteiger partial charge >= 0.3 is 0 Å². The van der Waals surface area contributed by atoms with Crippen molar-refractivity contribution in [2.75, 3.05) is 25.0 Å². The molecule has 5 nitrogen and oxygen atoms in total. The summed E-state index contributed by atoms with van der Waals surface area (Å²) in [6, 6.07) is 1.94. The van der Waals surface area contributed by atoms with Crippen LogP contribution in [0.15, 0.2) is 6.07 Å². The van der Waals surface area contributed by atoms with E-state index in [4.69, 9.17) is 0 Å². The summed E-state index contributed by atoms with van der Waals surface area (Å²) in [7, 11) is 0. The van der Waals surface area contributed by atoms with Gasteiger partial charge in [-0.2, -0.15) is 0 Å². The lowest BCUT2D eigenvalue weighted by Gasteiger charge is -2.18. The molecule has 1 amide bonds. The third kappa shape index (κ3) is 4.85. The Kier molecular flexibility index (Phi) is 6.25. The predicted octanol–water partition coefficient (Wildman–Crippen LogP) is 2.02. The standard InChI is InChI=1S/C14H24N4O/c1-5-12-10-13(17-11(4)16-12)15-9-8-14(19)18(6-2)7-3/h10H,5-9H2,1-4H3,(H,15,16,17). The molecule has 1 rings (SSSR count). The molecule has 0 saturated carbocycles. The summed E-state index contributed by atoms with van der Waals surface area (Å²) in [6.07, 6.45) is 1.38. The van der Waals surface area contributed by atoms with E-state index in [0.29, 0.717) is 13.0 Å². The van der Waals surface area contributed by atoms with Crippen LogP contribution in [0, 0.1) is 6.92 Å². The highest BCUT2D eigenvalue weighted by atomic mass is 16.2. The number of aromatic nitrogens is 2. The average Bonchev–Trinajstić information content (AvgIpc) is 2.39. The highest BCUT2D eigenvalue weighted by Gasteiger charge is 2.09. The Labute approximate surface area is 115 Å². The second-order valence-electron chi connectivity index (χ2n) is 4.39. The summed E-state index contributed by atoms with van der Waals surface area (Å²) >= 11 is 0. The Balaban J connectivity index is 2.49. The van der Waals surface area contributed by atoms with Crippen molar-refractivity contribution >= 4 is 11.7 Å². The van der Waals surface area contributed by atoms with Gasteiger partial charge in [0.25, 0.3) is 0 Å². The van der Waals surface area contributed by atoms with Gasteiger partial charge in [-0.15, -0.1) is 0 Å². The first kappa shape index (κ1) is 15.4. The minimum absolute atomic E-state index is 0.180. The summed E-state index contributed by atoms with van der Waals surface area (Å²) in [4.78, 5) is 22.3.